The van der Waals surface area contributed by atoms with Crippen molar-refractivity contribution in [2.75, 3.05) is 0 Å². The fourth-order valence-electron chi connectivity index (χ4n) is 1.85. The van der Waals surface area contributed by atoms with Gasteiger partial charge in [-0.05, 0) is 35.6 Å². The van der Waals surface area contributed by atoms with E-state index in [0.717, 1.165) is 22.6 Å². The zero-order valence-electron chi connectivity index (χ0n) is 10.2. The van der Waals surface area contributed by atoms with Gasteiger partial charge >= 0.3 is 6.18 Å². The zero-order chi connectivity index (χ0) is 14.8. The van der Waals surface area contributed by atoms with Crippen LogP contribution in [0.25, 0.3) is 0 Å². The summed E-state index contributed by atoms with van der Waals surface area (Å²) >= 11 is 7.49. The van der Waals surface area contributed by atoms with Crippen molar-refractivity contribution in [2.24, 2.45) is 5.84 Å². The lowest BCUT2D eigenvalue weighted by molar-refractivity contribution is -0.137. The van der Waals surface area contributed by atoms with E-state index in [2.05, 4.69) is 5.43 Å². The van der Waals surface area contributed by atoms with Crippen molar-refractivity contribution in [1.82, 2.24) is 5.43 Å². The van der Waals surface area contributed by atoms with Crippen LogP contribution in [0.5, 0.6) is 0 Å². The second-order valence-electron chi connectivity index (χ2n) is 4.25. The van der Waals surface area contributed by atoms with Gasteiger partial charge in [-0.2, -0.15) is 13.2 Å². The van der Waals surface area contributed by atoms with Gasteiger partial charge in [-0.25, -0.2) is 0 Å². The van der Waals surface area contributed by atoms with E-state index in [4.69, 9.17) is 17.4 Å². The first-order chi connectivity index (χ1) is 9.41. The molecule has 2 nitrogen and oxygen atoms in total. The van der Waals surface area contributed by atoms with Crippen molar-refractivity contribution in [3.05, 3.63) is 56.7 Å². The van der Waals surface area contributed by atoms with Crippen LogP contribution in [0, 0.1) is 0 Å². The Balaban J connectivity index is 2.15. The Morgan fingerprint density at radius 3 is 2.30 bits per heavy atom. The summed E-state index contributed by atoms with van der Waals surface area (Å²) in [7, 11) is 0. The predicted octanol–water partition coefficient (Wildman–Crippen LogP) is 4.17. The smallest absolute Gasteiger partial charge is 0.271 e. The third-order valence-electron chi connectivity index (χ3n) is 2.88. The molecule has 1 aromatic heterocycles. The maximum absolute atomic E-state index is 12.5. The summed E-state index contributed by atoms with van der Waals surface area (Å²) in [6.45, 7) is 0. The molecule has 0 aliphatic heterocycles. The minimum absolute atomic E-state index is 0.223. The summed E-state index contributed by atoms with van der Waals surface area (Å²) in [6.07, 6.45) is -3.85. The molecule has 0 saturated carbocycles. The molecule has 1 atom stereocenters. The first-order valence-corrected chi connectivity index (χ1v) is 7.02. The molecule has 0 spiro atoms. The van der Waals surface area contributed by atoms with E-state index in [1.165, 1.54) is 23.5 Å². The molecule has 0 saturated heterocycles. The highest BCUT2D eigenvalue weighted by Crippen LogP contribution is 2.32. The Morgan fingerprint density at radius 2 is 1.85 bits per heavy atom. The highest BCUT2D eigenvalue weighted by molar-refractivity contribution is 7.10. The molecule has 7 heteroatoms. The van der Waals surface area contributed by atoms with Crippen LogP contribution in [0.3, 0.4) is 0 Å². The Morgan fingerprint density at radius 1 is 1.20 bits per heavy atom. The van der Waals surface area contributed by atoms with Crippen LogP contribution in [0.1, 0.15) is 22.0 Å². The fourth-order valence-corrected chi connectivity index (χ4v) is 3.10. The molecule has 0 bridgehead atoms. The van der Waals surface area contributed by atoms with Crippen LogP contribution >= 0.6 is 22.9 Å². The lowest BCUT2D eigenvalue weighted by atomic mass is 10.0. The third kappa shape index (κ3) is 3.52. The Bertz CT molecular complexity index is 566. The second kappa shape index (κ2) is 6.13. The summed E-state index contributed by atoms with van der Waals surface area (Å²) in [6, 6.07) is 6.58. The highest BCUT2D eigenvalue weighted by atomic mass is 35.5. The lowest BCUT2D eigenvalue weighted by Crippen LogP contribution is -2.29. The Hall–Kier alpha value is -1.08. The molecule has 20 heavy (non-hydrogen) atoms. The Kier molecular flexibility index (Phi) is 4.70. The van der Waals surface area contributed by atoms with Gasteiger partial charge in [0.1, 0.15) is 0 Å². The monoisotopic (exact) mass is 320 g/mol. The van der Waals surface area contributed by atoms with Gasteiger partial charge in [0.25, 0.3) is 0 Å². The summed E-state index contributed by atoms with van der Waals surface area (Å²) in [5.41, 5.74) is 2.74. The number of hydrogen-bond donors (Lipinski definition) is 2. The van der Waals surface area contributed by atoms with Crippen molar-refractivity contribution < 1.29 is 13.2 Å². The van der Waals surface area contributed by atoms with Gasteiger partial charge in [0.05, 0.1) is 16.6 Å². The van der Waals surface area contributed by atoms with Crippen molar-refractivity contribution in [3.63, 3.8) is 0 Å². The summed E-state index contributed by atoms with van der Waals surface area (Å²) < 4.78 is 37.4. The largest absolute Gasteiger partial charge is 0.416 e. The first-order valence-electron chi connectivity index (χ1n) is 5.77. The molecule has 0 radical (unpaired) electrons. The predicted molar refractivity (Wildman–Crippen MR) is 74.5 cm³/mol. The SMILES string of the molecule is NNC(Cc1ccc(C(F)(F)F)cc1)c1sccc1Cl. The second-order valence-corrected chi connectivity index (χ2v) is 5.61. The molecule has 3 N–H and O–H groups in total. The highest BCUT2D eigenvalue weighted by Gasteiger charge is 2.30. The van der Waals surface area contributed by atoms with Crippen LogP contribution in [0.4, 0.5) is 13.2 Å². The summed E-state index contributed by atoms with van der Waals surface area (Å²) in [4.78, 5) is 0.870. The zero-order valence-corrected chi connectivity index (χ0v) is 11.8. The van der Waals surface area contributed by atoms with E-state index in [0.29, 0.717) is 11.4 Å². The maximum Gasteiger partial charge on any atom is 0.416 e. The lowest BCUT2D eigenvalue weighted by Gasteiger charge is -2.15. The molecule has 1 heterocycles. The quantitative estimate of drug-likeness (QED) is 0.655. The van der Waals surface area contributed by atoms with E-state index in [9.17, 15) is 13.2 Å². The van der Waals surface area contributed by atoms with Crippen LogP contribution in [0.15, 0.2) is 35.7 Å². The number of hydrazine groups is 1. The maximum atomic E-state index is 12.5. The average Bonchev–Trinajstić information content (AvgIpc) is 2.82. The number of nitrogens with one attached hydrogen (secondary N) is 1. The van der Waals surface area contributed by atoms with E-state index in [1.54, 1.807) is 6.07 Å². The van der Waals surface area contributed by atoms with Crippen LogP contribution in [-0.2, 0) is 12.6 Å². The Labute approximate surface area is 123 Å². The molecule has 0 amide bonds. The molecular weight excluding hydrogens is 309 g/mol. The van der Waals surface area contributed by atoms with Gasteiger partial charge in [-0.3, -0.25) is 11.3 Å². The van der Waals surface area contributed by atoms with Gasteiger partial charge in [0, 0.05) is 4.88 Å². The number of alkyl halides is 3. The van der Waals surface area contributed by atoms with Gasteiger partial charge < -0.3 is 0 Å². The molecule has 108 valence electrons. The average molecular weight is 321 g/mol. The number of benzene rings is 1. The van der Waals surface area contributed by atoms with Crippen LogP contribution < -0.4 is 11.3 Å². The summed E-state index contributed by atoms with van der Waals surface area (Å²) in [5, 5.41) is 2.44. The van der Waals surface area contributed by atoms with E-state index >= 15 is 0 Å². The fraction of sp³-hybridized carbons (Fsp3) is 0.231. The number of nitrogens with two attached hydrogens (primary N) is 1. The van der Waals surface area contributed by atoms with Crippen LogP contribution in [0.2, 0.25) is 5.02 Å². The van der Waals surface area contributed by atoms with Gasteiger partial charge in [0.2, 0.25) is 0 Å². The number of rotatable bonds is 4. The molecule has 2 aromatic rings. The van der Waals surface area contributed by atoms with Crippen molar-refractivity contribution in [1.29, 1.82) is 0 Å². The van der Waals surface area contributed by atoms with E-state index in [1.807, 2.05) is 5.38 Å². The standard InChI is InChI=1S/C13H12ClF3N2S/c14-10-5-6-20-12(10)11(19-18)7-8-1-3-9(4-2-8)13(15,16)17/h1-6,11,19H,7,18H2. The third-order valence-corrected chi connectivity index (χ3v) is 4.36. The van der Waals surface area contributed by atoms with Crippen molar-refractivity contribution >= 4 is 22.9 Å². The summed E-state index contributed by atoms with van der Waals surface area (Å²) in [5.74, 6) is 5.50. The molecule has 1 unspecified atom stereocenters. The van der Waals surface area contributed by atoms with E-state index < -0.39 is 11.7 Å². The minimum atomic E-state index is -4.32. The first kappa shape index (κ1) is 15.3. The molecule has 0 aliphatic carbocycles. The molecule has 1 aromatic carbocycles. The van der Waals surface area contributed by atoms with Crippen molar-refractivity contribution in [3.8, 4) is 0 Å². The molecule has 2 rings (SSSR count). The van der Waals surface area contributed by atoms with Crippen LogP contribution in [-0.4, -0.2) is 0 Å². The molecule has 0 fully saturated rings. The molecule has 0 aliphatic rings. The van der Waals surface area contributed by atoms with Gasteiger partial charge in [-0.1, -0.05) is 23.7 Å². The van der Waals surface area contributed by atoms with Crippen molar-refractivity contribution in [2.45, 2.75) is 18.6 Å². The number of hydrogen-bond acceptors (Lipinski definition) is 3. The number of thiophene rings is 1. The topological polar surface area (TPSA) is 38.0 Å². The molecular formula is C13H12ClF3N2S. The van der Waals surface area contributed by atoms with Gasteiger partial charge in [0.15, 0.2) is 0 Å². The van der Waals surface area contributed by atoms with E-state index in [-0.39, 0.29) is 6.04 Å². The normalized spacial score (nSPS) is 13.4. The minimum Gasteiger partial charge on any atom is -0.271 e. The number of halogens is 4. The van der Waals surface area contributed by atoms with Gasteiger partial charge in [-0.15, -0.1) is 11.3 Å².